The van der Waals surface area contributed by atoms with Gasteiger partial charge in [-0.2, -0.15) is 5.10 Å². The molecule has 6 heteroatoms. The molecule has 2 aliphatic rings. The van der Waals surface area contributed by atoms with E-state index in [0.717, 1.165) is 50.3 Å². The third kappa shape index (κ3) is 4.38. The summed E-state index contributed by atoms with van der Waals surface area (Å²) in [7, 11) is 0. The summed E-state index contributed by atoms with van der Waals surface area (Å²) >= 11 is 0. The van der Waals surface area contributed by atoms with E-state index in [9.17, 15) is 4.79 Å². The zero-order valence-electron chi connectivity index (χ0n) is 16.1. The number of rotatable bonds is 7. The second-order valence-corrected chi connectivity index (χ2v) is 7.72. The molecule has 0 atom stereocenters. The van der Waals surface area contributed by atoms with E-state index in [-0.39, 0.29) is 11.9 Å². The molecule has 2 aromatic rings. The lowest BCUT2D eigenvalue weighted by Crippen LogP contribution is -2.48. The first kappa shape index (κ1) is 18.2. The number of piperidine rings is 1. The SMILES string of the molecule is CCN1CCC(N(CCc2ccccn2)C(=O)c2cc(C3CC3)[nH]n2)CC1. The first-order valence-electron chi connectivity index (χ1n) is 10.2. The molecule has 1 amide bonds. The number of nitrogens with one attached hydrogen (secondary N) is 1. The first-order chi connectivity index (χ1) is 13.2. The Kier molecular flexibility index (Phi) is 5.53. The van der Waals surface area contributed by atoms with E-state index in [2.05, 4.69) is 31.9 Å². The number of amides is 1. The molecule has 0 spiro atoms. The summed E-state index contributed by atoms with van der Waals surface area (Å²) in [6, 6.07) is 8.21. The Morgan fingerprint density at radius 3 is 2.74 bits per heavy atom. The molecule has 144 valence electrons. The second-order valence-electron chi connectivity index (χ2n) is 7.72. The van der Waals surface area contributed by atoms with E-state index in [0.29, 0.717) is 18.2 Å². The monoisotopic (exact) mass is 367 g/mol. The van der Waals surface area contributed by atoms with Crippen molar-refractivity contribution in [3.05, 3.63) is 47.5 Å². The Labute approximate surface area is 161 Å². The highest BCUT2D eigenvalue weighted by Gasteiger charge is 2.31. The fraction of sp³-hybridized carbons (Fsp3) is 0.571. The van der Waals surface area contributed by atoms with Crippen molar-refractivity contribution >= 4 is 5.91 Å². The molecule has 27 heavy (non-hydrogen) atoms. The van der Waals surface area contributed by atoms with Gasteiger partial charge in [0, 0.05) is 55.6 Å². The zero-order chi connectivity index (χ0) is 18.6. The number of hydrogen-bond donors (Lipinski definition) is 1. The number of aromatic amines is 1. The van der Waals surface area contributed by atoms with Gasteiger partial charge in [0.25, 0.3) is 5.91 Å². The quantitative estimate of drug-likeness (QED) is 0.817. The number of likely N-dealkylation sites (tertiary alicyclic amines) is 1. The van der Waals surface area contributed by atoms with Crippen LogP contribution in [0.1, 0.15) is 60.4 Å². The Hall–Kier alpha value is -2.21. The topological polar surface area (TPSA) is 65.1 Å². The van der Waals surface area contributed by atoms with Gasteiger partial charge in [-0.05, 0) is 50.4 Å². The van der Waals surface area contributed by atoms with Crippen molar-refractivity contribution in [2.75, 3.05) is 26.2 Å². The minimum atomic E-state index is 0.0593. The van der Waals surface area contributed by atoms with Gasteiger partial charge >= 0.3 is 0 Å². The smallest absolute Gasteiger partial charge is 0.274 e. The van der Waals surface area contributed by atoms with Crippen LogP contribution in [-0.2, 0) is 6.42 Å². The van der Waals surface area contributed by atoms with Gasteiger partial charge in [-0.25, -0.2) is 0 Å². The van der Waals surface area contributed by atoms with Crippen molar-refractivity contribution in [3.63, 3.8) is 0 Å². The number of pyridine rings is 1. The number of aromatic nitrogens is 3. The summed E-state index contributed by atoms with van der Waals surface area (Å²) in [6.45, 7) is 6.09. The van der Waals surface area contributed by atoms with Gasteiger partial charge < -0.3 is 9.80 Å². The highest BCUT2D eigenvalue weighted by Crippen LogP contribution is 2.39. The van der Waals surface area contributed by atoms with Gasteiger partial charge in [-0.1, -0.05) is 13.0 Å². The van der Waals surface area contributed by atoms with Crippen LogP contribution in [0.2, 0.25) is 0 Å². The van der Waals surface area contributed by atoms with Gasteiger partial charge in [0.2, 0.25) is 0 Å². The van der Waals surface area contributed by atoms with Crippen LogP contribution in [0.4, 0.5) is 0 Å². The van der Waals surface area contributed by atoms with Crippen molar-refractivity contribution in [2.45, 2.75) is 51.0 Å². The minimum Gasteiger partial charge on any atom is -0.334 e. The number of H-pyrrole nitrogens is 1. The molecule has 1 aliphatic heterocycles. The highest BCUT2D eigenvalue weighted by molar-refractivity contribution is 5.92. The van der Waals surface area contributed by atoms with Crippen LogP contribution in [0.15, 0.2) is 30.5 Å². The minimum absolute atomic E-state index is 0.0593. The molecular weight excluding hydrogens is 338 g/mol. The van der Waals surface area contributed by atoms with Crippen molar-refractivity contribution in [3.8, 4) is 0 Å². The molecule has 1 N–H and O–H groups in total. The molecule has 0 bridgehead atoms. The zero-order valence-corrected chi connectivity index (χ0v) is 16.1. The summed E-state index contributed by atoms with van der Waals surface area (Å²) in [5.74, 6) is 0.637. The molecule has 6 nitrogen and oxygen atoms in total. The highest BCUT2D eigenvalue weighted by atomic mass is 16.2. The fourth-order valence-electron chi connectivity index (χ4n) is 3.97. The molecule has 1 saturated heterocycles. The molecule has 4 rings (SSSR count). The third-order valence-electron chi connectivity index (χ3n) is 5.87. The van der Waals surface area contributed by atoms with Gasteiger partial charge in [0.1, 0.15) is 5.69 Å². The third-order valence-corrected chi connectivity index (χ3v) is 5.87. The number of hydrogen-bond acceptors (Lipinski definition) is 4. The first-order valence-corrected chi connectivity index (χ1v) is 10.2. The Balaban J connectivity index is 1.48. The summed E-state index contributed by atoms with van der Waals surface area (Å²) in [4.78, 5) is 22.2. The van der Waals surface area contributed by atoms with Crippen LogP contribution in [0, 0.1) is 0 Å². The second kappa shape index (κ2) is 8.21. The molecule has 2 fully saturated rings. The summed E-state index contributed by atoms with van der Waals surface area (Å²) < 4.78 is 0. The van der Waals surface area contributed by atoms with E-state index in [4.69, 9.17) is 0 Å². The van der Waals surface area contributed by atoms with Gasteiger partial charge in [-0.3, -0.25) is 14.9 Å². The molecule has 0 radical (unpaired) electrons. The van der Waals surface area contributed by atoms with E-state index in [1.807, 2.05) is 30.5 Å². The molecule has 2 aromatic heterocycles. The van der Waals surface area contributed by atoms with E-state index >= 15 is 0 Å². The standard InChI is InChI=1S/C21H29N5O/c1-2-25-12-9-18(10-13-25)26(14-8-17-5-3-4-11-22-17)21(27)20-15-19(23-24-20)16-6-7-16/h3-5,11,15-16,18H,2,6-10,12-14H2,1H3,(H,23,24). The molecule has 0 unspecified atom stereocenters. The van der Waals surface area contributed by atoms with Crippen molar-refractivity contribution in [1.82, 2.24) is 25.0 Å². The van der Waals surface area contributed by atoms with Crippen LogP contribution < -0.4 is 0 Å². The van der Waals surface area contributed by atoms with Crippen LogP contribution >= 0.6 is 0 Å². The number of nitrogens with zero attached hydrogens (tertiary/aromatic N) is 4. The van der Waals surface area contributed by atoms with Gasteiger partial charge in [-0.15, -0.1) is 0 Å². The summed E-state index contributed by atoms with van der Waals surface area (Å²) in [6.07, 6.45) is 7.06. The molecule has 3 heterocycles. The van der Waals surface area contributed by atoms with Gasteiger partial charge in [0.15, 0.2) is 0 Å². The van der Waals surface area contributed by atoms with Gasteiger partial charge in [0.05, 0.1) is 0 Å². The predicted molar refractivity (Wildman–Crippen MR) is 105 cm³/mol. The largest absolute Gasteiger partial charge is 0.334 e. The van der Waals surface area contributed by atoms with E-state index < -0.39 is 0 Å². The lowest BCUT2D eigenvalue weighted by atomic mass is 10.0. The Morgan fingerprint density at radius 2 is 2.07 bits per heavy atom. The van der Waals surface area contributed by atoms with Crippen molar-refractivity contribution < 1.29 is 4.79 Å². The molecule has 1 saturated carbocycles. The molecule has 1 aliphatic carbocycles. The van der Waals surface area contributed by atoms with Crippen LogP contribution in [0.25, 0.3) is 0 Å². The normalized spacial score (nSPS) is 18.6. The summed E-state index contributed by atoms with van der Waals surface area (Å²) in [5, 5.41) is 7.42. The Morgan fingerprint density at radius 1 is 1.26 bits per heavy atom. The lowest BCUT2D eigenvalue weighted by molar-refractivity contribution is 0.0573. The van der Waals surface area contributed by atoms with Crippen LogP contribution in [0.5, 0.6) is 0 Å². The van der Waals surface area contributed by atoms with Crippen LogP contribution in [0.3, 0.4) is 0 Å². The number of carbonyl (C=O) groups excluding carboxylic acids is 1. The van der Waals surface area contributed by atoms with E-state index in [1.165, 1.54) is 12.8 Å². The average Bonchev–Trinajstić information content (AvgIpc) is 3.46. The lowest BCUT2D eigenvalue weighted by Gasteiger charge is -2.38. The Bertz CT molecular complexity index is 747. The maximum Gasteiger partial charge on any atom is 0.274 e. The average molecular weight is 367 g/mol. The summed E-state index contributed by atoms with van der Waals surface area (Å²) in [5.41, 5.74) is 2.71. The molecule has 0 aromatic carbocycles. The predicted octanol–water partition coefficient (Wildman–Crippen LogP) is 2.85. The molecular formula is C21H29N5O. The van der Waals surface area contributed by atoms with Crippen LogP contribution in [-0.4, -0.2) is 63.1 Å². The maximum absolute atomic E-state index is 13.3. The van der Waals surface area contributed by atoms with Crippen molar-refractivity contribution in [1.29, 1.82) is 0 Å². The number of carbonyl (C=O) groups is 1. The van der Waals surface area contributed by atoms with Crippen molar-refractivity contribution in [2.24, 2.45) is 0 Å². The fourth-order valence-corrected chi connectivity index (χ4v) is 3.97. The van der Waals surface area contributed by atoms with E-state index in [1.54, 1.807) is 0 Å². The maximum atomic E-state index is 13.3.